The van der Waals surface area contributed by atoms with Crippen molar-refractivity contribution in [2.75, 3.05) is 0 Å². The van der Waals surface area contributed by atoms with Crippen molar-refractivity contribution in [3.8, 4) is 89.0 Å². The number of hydrogen-bond acceptors (Lipinski definition) is 0. The highest BCUT2D eigenvalue weighted by Gasteiger charge is 2.20. The summed E-state index contributed by atoms with van der Waals surface area (Å²) in [4.78, 5) is 0. The van der Waals surface area contributed by atoms with E-state index in [1.165, 1.54) is 165 Å². The molecule has 0 fully saturated rings. The van der Waals surface area contributed by atoms with Crippen LogP contribution in [0.1, 0.15) is 0 Å². The number of rotatable bonds is 8. The van der Waals surface area contributed by atoms with Crippen molar-refractivity contribution in [3.05, 3.63) is 328 Å². The van der Waals surface area contributed by atoms with Crippen LogP contribution in [-0.4, -0.2) is 8.80 Å². The van der Waals surface area contributed by atoms with Crippen LogP contribution in [0.3, 0.4) is 0 Å². The number of para-hydroxylation sites is 4. The minimum absolute atomic E-state index is 1.22. The second-order valence-electron chi connectivity index (χ2n) is 22.8. The van der Waals surface area contributed by atoms with Crippen LogP contribution in [0.15, 0.2) is 328 Å². The molecule has 0 N–H and O–H groups in total. The molecule has 0 bridgehead atoms. The second-order valence-corrected chi connectivity index (χ2v) is 22.8. The van der Waals surface area contributed by atoms with Gasteiger partial charge >= 0.3 is 0 Å². The Morgan fingerprint density at radius 2 is 0.349 bits per heavy atom. The van der Waals surface area contributed by atoms with E-state index >= 15 is 0 Å². The van der Waals surface area contributed by atoms with E-state index in [0.717, 1.165) is 0 Å². The van der Waals surface area contributed by atoms with Crippen LogP contribution in [0.2, 0.25) is 0 Å². The molecule has 14 aromatic carbocycles. The van der Waals surface area contributed by atoms with Gasteiger partial charge in [0.05, 0.1) is 33.1 Å². The second kappa shape index (κ2) is 20.2. The summed E-state index contributed by atoms with van der Waals surface area (Å²) in [5, 5.41) is 10.5. The van der Waals surface area contributed by atoms with Crippen molar-refractivity contribution in [2.45, 2.75) is 0 Å². The maximum atomic E-state index is 2.44. The van der Waals surface area contributed by atoms with E-state index < -0.39 is 0 Å². The van der Waals surface area contributed by atoms with E-state index in [0.29, 0.717) is 0 Å². The average Bonchev–Trinajstić information content (AvgIpc) is 1.61. The van der Waals surface area contributed by atoms with Crippen LogP contribution in [0.5, 0.6) is 0 Å². The van der Waals surface area contributed by atoms with E-state index in [1.807, 2.05) is 0 Å². The Morgan fingerprint density at radius 3 is 0.756 bits per heavy atom. The predicted molar refractivity (Wildman–Crippen MR) is 366 cm³/mol. The van der Waals surface area contributed by atoms with Crippen molar-refractivity contribution < 1.29 is 0 Å². The summed E-state index contributed by atoms with van der Waals surface area (Å²) < 4.78 is 4.88. The maximum absolute atomic E-state index is 2.44. The first-order valence-corrected chi connectivity index (χ1v) is 29.7. The van der Waals surface area contributed by atoms with E-state index in [2.05, 4.69) is 336 Å². The van der Waals surface area contributed by atoms with Crippen LogP contribution >= 0.6 is 0 Å². The lowest BCUT2D eigenvalue weighted by Crippen LogP contribution is -1.87. The Balaban J connectivity index is 0.000000134. The molecule has 2 heteroatoms. The van der Waals surface area contributed by atoms with Crippen molar-refractivity contribution in [1.29, 1.82) is 0 Å². The molecule has 0 unspecified atom stereocenters. The summed E-state index contributed by atoms with van der Waals surface area (Å²) in [6, 6.07) is 119. The number of aromatic nitrogens is 2. The smallest absolute Gasteiger partial charge is 0.0620 e. The summed E-state index contributed by atoms with van der Waals surface area (Å²) in [7, 11) is 0. The van der Waals surface area contributed by atoms with Crippen LogP contribution in [0, 0.1) is 0 Å². The van der Waals surface area contributed by atoms with Gasteiger partial charge in [-0.15, -0.1) is 0 Å². The summed E-state index contributed by atoms with van der Waals surface area (Å²) in [5.74, 6) is 0. The van der Waals surface area contributed by atoms with Gasteiger partial charge in [-0.1, -0.05) is 255 Å². The van der Waals surface area contributed by atoms with Crippen LogP contribution < -0.4 is 0 Å². The van der Waals surface area contributed by atoms with Crippen molar-refractivity contribution >= 4 is 76.2 Å². The first kappa shape index (κ1) is 49.3. The highest BCUT2D eigenvalue weighted by atomic mass is 14.9. The number of nitrogens with zero attached hydrogens (tertiary/aromatic N) is 2. The third-order valence-electron chi connectivity index (χ3n) is 17.8. The summed E-state index contributed by atoms with van der Waals surface area (Å²) >= 11 is 0. The molecule has 0 spiro atoms. The Kier molecular flexibility index (Phi) is 11.6. The number of benzene rings is 14. The van der Waals surface area contributed by atoms with Crippen molar-refractivity contribution in [2.24, 2.45) is 0 Å². The Labute approximate surface area is 498 Å². The fourth-order valence-corrected chi connectivity index (χ4v) is 13.7. The van der Waals surface area contributed by atoms with Gasteiger partial charge in [0.25, 0.3) is 0 Å². The summed E-state index contributed by atoms with van der Waals surface area (Å²) in [5.41, 5.74) is 27.3. The molecule has 86 heavy (non-hydrogen) atoms. The van der Waals surface area contributed by atoms with Crippen LogP contribution in [0.25, 0.3) is 165 Å². The van der Waals surface area contributed by atoms with E-state index in [4.69, 9.17) is 0 Å². The molecule has 2 nitrogen and oxygen atoms in total. The molecule has 0 saturated carbocycles. The molecule has 0 aliphatic carbocycles. The SMILES string of the molecule is c1ccc(-c2cc(-c3ccccc3)cc(-c3cccc(-c4ccc5c(c4)c4cccc6c7ccccc7n5c64)c3)c2)cc1.c1ccc(-c2ccc(-c3cccc(-c4cccc(-c5ccc6c(c5)c5cccc7c8ccccc8n6c75)c4)c3)cc2)cc1. The van der Waals surface area contributed by atoms with Crippen molar-refractivity contribution in [3.63, 3.8) is 0 Å². The highest BCUT2D eigenvalue weighted by Crippen LogP contribution is 2.43. The lowest BCUT2D eigenvalue weighted by atomic mass is 9.92. The molecular weight excluding hydrogens is 1040 g/mol. The monoisotopic (exact) mass is 1090 g/mol. The molecule has 0 saturated heterocycles. The molecule has 0 amide bonds. The molecule has 4 heterocycles. The van der Waals surface area contributed by atoms with Gasteiger partial charge in [0, 0.05) is 43.1 Å². The Hall–Kier alpha value is -11.3. The molecule has 0 aliphatic rings. The molecule has 0 radical (unpaired) electrons. The molecule has 18 rings (SSSR count). The van der Waals surface area contributed by atoms with Gasteiger partial charge in [-0.2, -0.15) is 0 Å². The molecule has 0 aliphatic heterocycles. The quantitative estimate of drug-likeness (QED) is 0.143. The van der Waals surface area contributed by atoms with Gasteiger partial charge < -0.3 is 8.80 Å². The fourth-order valence-electron chi connectivity index (χ4n) is 13.7. The lowest BCUT2D eigenvalue weighted by molar-refractivity contribution is 1.37. The van der Waals surface area contributed by atoms with Crippen molar-refractivity contribution in [1.82, 2.24) is 8.80 Å². The van der Waals surface area contributed by atoms with Crippen LogP contribution in [0.4, 0.5) is 0 Å². The Bertz CT molecular complexity index is 5500. The minimum Gasteiger partial charge on any atom is -0.308 e. The van der Waals surface area contributed by atoms with Gasteiger partial charge in [-0.3, -0.25) is 0 Å². The minimum atomic E-state index is 1.22. The number of fused-ring (bicyclic) bond motifs is 12. The number of hydrogen-bond donors (Lipinski definition) is 0. The highest BCUT2D eigenvalue weighted by molar-refractivity contribution is 6.25. The molecule has 0 atom stereocenters. The van der Waals surface area contributed by atoms with Gasteiger partial charge in [-0.05, 0) is 162 Å². The summed E-state index contributed by atoms with van der Waals surface area (Å²) in [6.45, 7) is 0. The lowest BCUT2D eigenvalue weighted by Gasteiger charge is -2.12. The molecule has 4 aromatic heterocycles. The zero-order valence-corrected chi connectivity index (χ0v) is 47.1. The third kappa shape index (κ3) is 8.26. The normalized spacial score (nSPS) is 11.7. The third-order valence-corrected chi connectivity index (χ3v) is 17.8. The molecule has 400 valence electrons. The first-order valence-electron chi connectivity index (χ1n) is 29.7. The Morgan fingerprint density at radius 1 is 0.128 bits per heavy atom. The van der Waals surface area contributed by atoms with Gasteiger partial charge in [-0.25, -0.2) is 0 Å². The topological polar surface area (TPSA) is 8.82 Å². The summed E-state index contributed by atoms with van der Waals surface area (Å²) in [6.07, 6.45) is 0. The van der Waals surface area contributed by atoms with Gasteiger partial charge in [0.15, 0.2) is 0 Å². The van der Waals surface area contributed by atoms with E-state index in [1.54, 1.807) is 0 Å². The van der Waals surface area contributed by atoms with Gasteiger partial charge in [0.2, 0.25) is 0 Å². The van der Waals surface area contributed by atoms with E-state index in [-0.39, 0.29) is 0 Å². The average molecular weight is 1090 g/mol. The van der Waals surface area contributed by atoms with E-state index in [9.17, 15) is 0 Å². The maximum Gasteiger partial charge on any atom is 0.0620 e. The molecule has 18 aromatic rings. The largest absolute Gasteiger partial charge is 0.308 e. The first-order chi connectivity index (χ1) is 42.6. The standard InChI is InChI=1S/2C42H27N/c1-3-11-28(12-4-1)33-24-34(29-13-5-2-6-14-29)26-35(25-33)31-16-9-15-30(23-31)32-21-22-41-39(27-32)38-19-10-18-37-36-17-7-8-20-40(36)43(41)42(37)38;1-2-9-28(10-3-1)29-19-21-30(22-20-29)31-11-6-12-32(25-31)33-13-7-14-34(26-33)35-23-24-41-39(27-35)38-17-8-16-37-36-15-4-5-18-40(36)43(41)42(37)38/h2*1-27H. The predicted octanol–water partition coefficient (Wildman–Crippen LogP) is 23.0. The van der Waals surface area contributed by atoms with Gasteiger partial charge in [0.1, 0.15) is 0 Å². The zero-order valence-electron chi connectivity index (χ0n) is 47.1. The molecular formula is C84H54N2. The van der Waals surface area contributed by atoms with Crippen LogP contribution in [-0.2, 0) is 0 Å². The fraction of sp³-hybridized carbons (Fsp3) is 0. The zero-order chi connectivity index (χ0) is 56.7.